The van der Waals surface area contributed by atoms with E-state index in [0.717, 1.165) is 16.8 Å². The Kier molecular flexibility index (Phi) is 4.83. The largest absolute Gasteiger partial charge is 0.285 e. The Balaban J connectivity index is 1.79. The Hall–Kier alpha value is -2.47. The summed E-state index contributed by atoms with van der Waals surface area (Å²) in [4.78, 5) is 17.7. The predicted molar refractivity (Wildman–Crippen MR) is 93.3 cm³/mol. The number of nitrogens with zero attached hydrogens (tertiary/aromatic N) is 4. The maximum Gasteiger partial charge on any atom is 0.239 e. The van der Waals surface area contributed by atoms with Crippen LogP contribution in [0.3, 0.4) is 0 Å². The number of hydrogen-bond acceptors (Lipinski definition) is 5. The van der Waals surface area contributed by atoms with Crippen LogP contribution in [-0.4, -0.2) is 32.4 Å². The second-order valence-electron chi connectivity index (χ2n) is 5.06. The lowest BCUT2D eigenvalue weighted by molar-refractivity contribution is -0.124. The van der Waals surface area contributed by atoms with Gasteiger partial charge in [0.2, 0.25) is 5.91 Å². The van der Waals surface area contributed by atoms with E-state index < -0.39 is 0 Å². The van der Waals surface area contributed by atoms with Crippen LogP contribution in [0.15, 0.2) is 65.1 Å². The molecule has 2 aromatic rings. The van der Waals surface area contributed by atoms with E-state index in [9.17, 15) is 4.79 Å². The topological polar surface area (TPSA) is 57.9 Å². The number of carbonyl (C=O) groups excluding carboxylic acids is 1. The monoisotopic (exact) mass is 324 g/mol. The van der Waals surface area contributed by atoms with Gasteiger partial charge < -0.3 is 0 Å². The Morgan fingerprint density at radius 2 is 1.96 bits per heavy atom. The molecule has 23 heavy (non-hydrogen) atoms. The maximum absolute atomic E-state index is 12.1. The lowest BCUT2D eigenvalue weighted by Gasteiger charge is -2.15. The van der Waals surface area contributed by atoms with E-state index in [-0.39, 0.29) is 5.91 Å². The lowest BCUT2D eigenvalue weighted by Crippen LogP contribution is -2.28. The third-order valence-corrected chi connectivity index (χ3v) is 4.38. The van der Waals surface area contributed by atoms with E-state index >= 15 is 0 Å². The molecule has 2 heterocycles. The molecule has 6 heteroatoms. The Morgan fingerprint density at radius 1 is 1.22 bits per heavy atom. The molecule has 1 saturated heterocycles. The Labute approximate surface area is 139 Å². The molecule has 1 fully saturated rings. The van der Waals surface area contributed by atoms with Gasteiger partial charge in [-0.2, -0.15) is 5.10 Å². The van der Waals surface area contributed by atoms with Crippen LogP contribution in [-0.2, 0) is 11.3 Å². The number of pyridine rings is 1. The Morgan fingerprint density at radius 3 is 2.70 bits per heavy atom. The summed E-state index contributed by atoms with van der Waals surface area (Å²) < 4.78 is 0. The highest BCUT2D eigenvalue weighted by molar-refractivity contribution is 8.15. The highest BCUT2D eigenvalue weighted by Crippen LogP contribution is 2.22. The van der Waals surface area contributed by atoms with Crippen LogP contribution in [0.4, 0.5) is 0 Å². The second-order valence-corrected chi connectivity index (χ2v) is 6.00. The zero-order valence-corrected chi connectivity index (χ0v) is 13.5. The van der Waals surface area contributed by atoms with Crippen LogP contribution >= 0.6 is 11.8 Å². The number of amides is 1. The van der Waals surface area contributed by atoms with Gasteiger partial charge in [0, 0.05) is 18.0 Å². The molecular formula is C17H16N4OS. The molecule has 0 spiro atoms. The smallest absolute Gasteiger partial charge is 0.239 e. The molecule has 0 saturated carbocycles. The summed E-state index contributed by atoms with van der Waals surface area (Å²) in [5.41, 5.74) is 2.83. The van der Waals surface area contributed by atoms with Crippen LogP contribution in [0.2, 0.25) is 0 Å². The van der Waals surface area contributed by atoms with Crippen molar-refractivity contribution in [2.45, 2.75) is 13.5 Å². The zero-order valence-electron chi connectivity index (χ0n) is 12.7. The molecule has 1 aromatic carbocycles. The number of thioether (sulfide) groups is 1. The first-order valence-corrected chi connectivity index (χ1v) is 8.22. The molecule has 0 atom stereocenters. The normalized spacial score (nSPS) is 17.1. The summed E-state index contributed by atoms with van der Waals surface area (Å²) in [7, 11) is 0. The molecule has 116 valence electrons. The quantitative estimate of drug-likeness (QED) is 0.642. The van der Waals surface area contributed by atoms with Crippen LogP contribution in [0.25, 0.3) is 0 Å². The minimum atomic E-state index is 0.0642. The third kappa shape index (κ3) is 3.84. The molecule has 5 nitrogen and oxygen atoms in total. The van der Waals surface area contributed by atoms with Crippen molar-refractivity contribution in [3.63, 3.8) is 0 Å². The molecule has 1 aromatic heterocycles. The summed E-state index contributed by atoms with van der Waals surface area (Å²) in [5.74, 6) is 0.476. The highest BCUT2D eigenvalue weighted by Gasteiger charge is 2.28. The van der Waals surface area contributed by atoms with Gasteiger partial charge in [-0.1, -0.05) is 42.1 Å². The molecule has 0 N–H and O–H groups in total. The average molecular weight is 324 g/mol. The molecule has 0 aliphatic carbocycles. The van der Waals surface area contributed by atoms with Crippen LogP contribution in [0.1, 0.15) is 18.1 Å². The van der Waals surface area contributed by atoms with Crippen molar-refractivity contribution < 1.29 is 4.79 Å². The summed E-state index contributed by atoms with van der Waals surface area (Å²) in [6.45, 7) is 2.41. The summed E-state index contributed by atoms with van der Waals surface area (Å²) >= 11 is 1.42. The molecule has 1 amide bonds. The first kappa shape index (κ1) is 15.4. The Bertz CT molecular complexity index is 744. The fraction of sp³-hybridized carbons (Fsp3) is 0.176. The van der Waals surface area contributed by atoms with E-state index in [1.54, 1.807) is 17.3 Å². The van der Waals surface area contributed by atoms with E-state index in [2.05, 4.69) is 15.2 Å². The minimum absolute atomic E-state index is 0.0642. The van der Waals surface area contributed by atoms with Crippen molar-refractivity contribution >= 4 is 28.5 Å². The van der Waals surface area contributed by atoms with Crippen LogP contribution in [0, 0.1) is 0 Å². The van der Waals surface area contributed by atoms with Crippen molar-refractivity contribution in [3.05, 3.63) is 66.0 Å². The molecule has 1 aliphatic rings. The fourth-order valence-electron chi connectivity index (χ4n) is 2.16. The number of amidine groups is 1. The summed E-state index contributed by atoms with van der Waals surface area (Å²) in [6.07, 6.45) is 3.44. The predicted octanol–water partition coefficient (Wildman–Crippen LogP) is 2.94. The molecule has 0 bridgehead atoms. The van der Waals surface area contributed by atoms with E-state index in [4.69, 9.17) is 0 Å². The van der Waals surface area contributed by atoms with Gasteiger partial charge in [-0.05, 0) is 24.6 Å². The van der Waals surface area contributed by atoms with Crippen molar-refractivity contribution in [1.82, 2.24) is 9.88 Å². The summed E-state index contributed by atoms with van der Waals surface area (Å²) in [6, 6.07) is 13.7. The zero-order chi connectivity index (χ0) is 16.1. The van der Waals surface area contributed by atoms with Crippen molar-refractivity contribution in [3.8, 4) is 0 Å². The number of hydrogen-bond donors (Lipinski definition) is 0. The second kappa shape index (κ2) is 7.19. The number of rotatable bonds is 4. The standard InChI is InChI=1S/C17H16N4OS/c1-13(15-7-9-18-10-8-15)19-20-17-21(16(22)12-23-17)11-14-5-3-2-4-6-14/h2-10H,11-12H2,1H3/b19-13-,20-17+. The van der Waals surface area contributed by atoms with Crippen LogP contribution < -0.4 is 0 Å². The van der Waals surface area contributed by atoms with E-state index in [1.165, 1.54) is 11.8 Å². The average Bonchev–Trinajstić information content (AvgIpc) is 2.94. The SMILES string of the molecule is C/C(=N/N=C1/SCC(=O)N1Cc1ccccc1)c1ccncc1. The maximum atomic E-state index is 12.1. The third-order valence-electron chi connectivity index (χ3n) is 3.42. The van der Waals surface area contributed by atoms with Gasteiger partial charge in [0.1, 0.15) is 0 Å². The first-order valence-electron chi connectivity index (χ1n) is 7.24. The molecule has 0 radical (unpaired) electrons. The van der Waals surface area contributed by atoms with E-state index in [0.29, 0.717) is 17.5 Å². The lowest BCUT2D eigenvalue weighted by atomic mass is 10.2. The van der Waals surface area contributed by atoms with E-state index in [1.807, 2.05) is 49.4 Å². The highest BCUT2D eigenvalue weighted by atomic mass is 32.2. The van der Waals surface area contributed by atoms with Crippen molar-refractivity contribution in [1.29, 1.82) is 0 Å². The first-order chi connectivity index (χ1) is 11.2. The number of aromatic nitrogens is 1. The van der Waals surface area contributed by atoms with Gasteiger partial charge in [0.15, 0.2) is 5.17 Å². The van der Waals surface area contributed by atoms with Crippen molar-refractivity contribution in [2.24, 2.45) is 10.2 Å². The molecule has 3 rings (SSSR count). The fourth-order valence-corrected chi connectivity index (χ4v) is 2.99. The molecular weight excluding hydrogens is 308 g/mol. The minimum Gasteiger partial charge on any atom is -0.285 e. The molecule has 0 unspecified atom stereocenters. The number of benzene rings is 1. The van der Waals surface area contributed by atoms with Gasteiger partial charge in [-0.25, -0.2) is 0 Å². The van der Waals surface area contributed by atoms with Gasteiger partial charge in [0.05, 0.1) is 18.0 Å². The van der Waals surface area contributed by atoms with Gasteiger partial charge >= 0.3 is 0 Å². The van der Waals surface area contributed by atoms with Crippen LogP contribution in [0.5, 0.6) is 0 Å². The number of carbonyl (C=O) groups is 1. The van der Waals surface area contributed by atoms with Gasteiger partial charge in [-0.15, -0.1) is 5.10 Å². The van der Waals surface area contributed by atoms with Gasteiger partial charge in [-0.3, -0.25) is 14.7 Å². The molecule has 1 aliphatic heterocycles. The summed E-state index contributed by atoms with van der Waals surface area (Å²) in [5, 5.41) is 9.19. The van der Waals surface area contributed by atoms with Crippen molar-refractivity contribution in [2.75, 3.05) is 5.75 Å². The van der Waals surface area contributed by atoms with Gasteiger partial charge in [0.25, 0.3) is 0 Å².